The van der Waals surface area contributed by atoms with Gasteiger partial charge in [0.1, 0.15) is 18.2 Å². The van der Waals surface area contributed by atoms with Crippen molar-refractivity contribution in [1.29, 1.82) is 5.26 Å². The maximum atomic E-state index is 13.7. The molecule has 2 aromatic rings. The largest absolute Gasteiger partial charge is 0.489 e. The number of benzene rings is 2. The van der Waals surface area contributed by atoms with Crippen LogP contribution in [0.1, 0.15) is 23.6 Å². The second-order valence-corrected chi connectivity index (χ2v) is 4.21. The normalized spacial score (nSPS) is 9.95. The van der Waals surface area contributed by atoms with Crippen LogP contribution in [0.4, 0.5) is 4.39 Å². The quantitative estimate of drug-likeness (QED) is 0.831. The monoisotopic (exact) mass is 255 g/mol. The van der Waals surface area contributed by atoms with E-state index in [1.165, 1.54) is 11.6 Å². The summed E-state index contributed by atoms with van der Waals surface area (Å²) in [5, 5.41) is 8.67. The topological polar surface area (TPSA) is 33.0 Å². The van der Waals surface area contributed by atoms with Crippen LogP contribution in [0.25, 0.3) is 0 Å². The smallest absolute Gasteiger partial charge is 0.131 e. The Morgan fingerprint density at radius 1 is 1.21 bits per heavy atom. The number of rotatable bonds is 4. The van der Waals surface area contributed by atoms with Crippen molar-refractivity contribution in [2.45, 2.75) is 20.0 Å². The molecule has 0 heterocycles. The van der Waals surface area contributed by atoms with Crippen LogP contribution in [0, 0.1) is 17.1 Å². The highest BCUT2D eigenvalue weighted by molar-refractivity contribution is 5.33. The highest BCUT2D eigenvalue weighted by atomic mass is 19.1. The SMILES string of the molecule is CCc1cccc(OCc2ccc(C#N)cc2F)c1. The van der Waals surface area contributed by atoms with Gasteiger partial charge in [-0.1, -0.05) is 25.1 Å². The fraction of sp³-hybridized carbons (Fsp3) is 0.188. The molecule has 96 valence electrons. The molecule has 0 aromatic heterocycles. The van der Waals surface area contributed by atoms with Crippen LogP contribution < -0.4 is 4.74 Å². The molecule has 0 saturated carbocycles. The number of halogens is 1. The number of aryl methyl sites for hydroxylation is 1. The lowest BCUT2D eigenvalue weighted by Crippen LogP contribution is -1.99. The molecule has 0 fully saturated rings. The number of hydrogen-bond donors (Lipinski definition) is 0. The van der Waals surface area contributed by atoms with Gasteiger partial charge >= 0.3 is 0 Å². The Morgan fingerprint density at radius 3 is 2.74 bits per heavy atom. The van der Waals surface area contributed by atoms with Gasteiger partial charge in [0.2, 0.25) is 0 Å². The minimum atomic E-state index is -0.411. The number of ether oxygens (including phenoxy) is 1. The molecular weight excluding hydrogens is 241 g/mol. The third-order valence-corrected chi connectivity index (χ3v) is 2.88. The van der Waals surface area contributed by atoms with Crippen LogP contribution in [0.5, 0.6) is 5.75 Å². The van der Waals surface area contributed by atoms with Crippen molar-refractivity contribution in [3.05, 3.63) is 65.0 Å². The highest BCUT2D eigenvalue weighted by Crippen LogP contribution is 2.17. The zero-order valence-corrected chi connectivity index (χ0v) is 10.7. The van der Waals surface area contributed by atoms with Gasteiger partial charge in [-0.05, 0) is 36.2 Å². The Hall–Kier alpha value is -2.34. The summed E-state index contributed by atoms with van der Waals surface area (Å²) in [4.78, 5) is 0. The van der Waals surface area contributed by atoms with Crippen LogP contribution in [-0.4, -0.2) is 0 Å². The number of nitrogens with zero attached hydrogens (tertiary/aromatic N) is 1. The lowest BCUT2D eigenvalue weighted by molar-refractivity contribution is 0.299. The molecule has 0 aliphatic heterocycles. The zero-order chi connectivity index (χ0) is 13.7. The van der Waals surface area contributed by atoms with Crippen molar-refractivity contribution in [3.8, 4) is 11.8 Å². The van der Waals surface area contributed by atoms with Gasteiger partial charge in [0.05, 0.1) is 11.6 Å². The van der Waals surface area contributed by atoms with E-state index in [9.17, 15) is 4.39 Å². The minimum Gasteiger partial charge on any atom is -0.489 e. The van der Waals surface area contributed by atoms with Crippen LogP contribution in [0.15, 0.2) is 42.5 Å². The predicted octanol–water partition coefficient (Wildman–Crippen LogP) is 3.84. The summed E-state index contributed by atoms with van der Waals surface area (Å²) in [6.07, 6.45) is 0.933. The molecule has 0 atom stereocenters. The third-order valence-electron chi connectivity index (χ3n) is 2.88. The van der Waals surface area contributed by atoms with Gasteiger partial charge in [-0.15, -0.1) is 0 Å². The average Bonchev–Trinajstić information content (AvgIpc) is 2.46. The second kappa shape index (κ2) is 6.01. The Balaban J connectivity index is 2.08. The van der Waals surface area contributed by atoms with E-state index in [4.69, 9.17) is 10.00 Å². The molecule has 0 unspecified atom stereocenters. The van der Waals surface area contributed by atoms with Crippen molar-refractivity contribution in [2.75, 3.05) is 0 Å². The molecule has 0 amide bonds. The fourth-order valence-electron chi connectivity index (χ4n) is 1.75. The van der Waals surface area contributed by atoms with Gasteiger partial charge in [0.15, 0.2) is 0 Å². The highest BCUT2D eigenvalue weighted by Gasteiger charge is 2.04. The summed E-state index contributed by atoms with van der Waals surface area (Å²) < 4.78 is 19.2. The van der Waals surface area contributed by atoms with Crippen LogP contribution in [0.2, 0.25) is 0 Å². The lowest BCUT2D eigenvalue weighted by atomic mass is 10.1. The van der Waals surface area contributed by atoms with Crippen LogP contribution >= 0.6 is 0 Å². The van der Waals surface area contributed by atoms with Crippen LogP contribution in [0.3, 0.4) is 0 Å². The van der Waals surface area contributed by atoms with Crippen molar-refractivity contribution in [3.63, 3.8) is 0 Å². The molecule has 0 saturated heterocycles. The van der Waals surface area contributed by atoms with Gasteiger partial charge < -0.3 is 4.74 Å². The first-order valence-corrected chi connectivity index (χ1v) is 6.13. The van der Waals surface area contributed by atoms with Crippen molar-refractivity contribution < 1.29 is 9.13 Å². The molecule has 2 rings (SSSR count). The van der Waals surface area contributed by atoms with Gasteiger partial charge in [0.25, 0.3) is 0 Å². The molecule has 0 spiro atoms. The van der Waals surface area contributed by atoms with Gasteiger partial charge in [-0.25, -0.2) is 4.39 Å². The van der Waals surface area contributed by atoms with Gasteiger partial charge in [-0.2, -0.15) is 5.26 Å². The van der Waals surface area contributed by atoms with Gasteiger partial charge in [-0.3, -0.25) is 0 Å². The first-order valence-electron chi connectivity index (χ1n) is 6.13. The summed E-state index contributed by atoms with van der Waals surface area (Å²) in [6, 6.07) is 14.0. The summed E-state index contributed by atoms with van der Waals surface area (Å²) in [5.41, 5.74) is 1.94. The summed E-state index contributed by atoms with van der Waals surface area (Å²) >= 11 is 0. The van der Waals surface area contributed by atoms with E-state index in [-0.39, 0.29) is 6.61 Å². The predicted molar refractivity (Wildman–Crippen MR) is 71.3 cm³/mol. The first-order chi connectivity index (χ1) is 9.22. The zero-order valence-electron chi connectivity index (χ0n) is 10.7. The molecule has 0 bridgehead atoms. The van der Waals surface area contributed by atoms with E-state index in [0.29, 0.717) is 11.1 Å². The number of hydrogen-bond acceptors (Lipinski definition) is 2. The van der Waals surface area contributed by atoms with Gasteiger partial charge in [0, 0.05) is 5.56 Å². The van der Waals surface area contributed by atoms with E-state index in [1.54, 1.807) is 12.1 Å². The fourth-order valence-corrected chi connectivity index (χ4v) is 1.75. The summed E-state index contributed by atoms with van der Waals surface area (Å²) in [7, 11) is 0. The molecule has 0 N–H and O–H groups in total. The molecule has 0 radical (unpaired) electrons. The van der Waals surface area contributed by atoms with Crippen LogP contribution in [-0.2, 0) is 13.0 Å². The minimum absolute atomic E-state index is 0.157. The Morgan fingerprint density at radius 2 is 2.05 bits per heavy atom. The van der Waals surface area contributed by atoms with Crippen molar-refractivity contribution in [2.24, 2.45) is 0 Å². The number of nitriles is 1. The summed E-state index contributed by atoms with van der Waals surface area (Å²) in [5.74, 6) is 0.314. The molecule has 0 aliphatic rings. The van der Waals surface area contributed by atoms with Crippen molar-refractivity contribution >= 4 is 0 Å². The second-order valence-electron chi connectivity index (χ2n) is 4.21. The Kier molecular flexibility index (Phi) is 4.15. The van der Waals surface area contributed by atoms with E-state index < -0.39 is 5.82 Å². The standard InChI is InChI=1S/C16H14FNO/c1-2-12-4-3-5-15(8-12)19-11-14-7-6-13(10-18)9-16(14)17/h3-9H,2,11H2,1H3. The van der Waals surface area contributed by atoms with Crippen molar-refractivity contribution in [1.82, 2.24) is 0 Å². The molecule has 2 aromatic carbocycles. The van der Waals surface area contributed by atoms with E-state index in [1.807, 2.05) is 30.3 Å². The average molecular weight is 255 g/mol. The maximum absolute atomic E-state index is 13.7. The molecule has 2 nitrogen and oxygen atoms in total. The van der Waals surface area contributed by atoms with E-state index >= 15 is 0 Å². The Labute approximate surface area is 112 Å². The molecular formula is C16H14FNO. The molecule has 19 heavy (non-hydrogen) atoms. The molecule has 0 aliphatic carbocycles. The first kappa shape index (κ1) is 13.1. The summed E-state index contributed by atoms with van der Waals surface area (Å²) in [6.45, 7) is 2.23. The molecule has 3 heteroatoms. The third kappa shape index (κ3) is 3.32. The lowest BCUT2D eigenvalue weighted by Gasteiger charge is -2.08. The van der Waals surface area contributed by atoms with E-state index in [2.05, 4.69) is 6.92 Å². The Bertz CT molecular complexity index is 616. The maximum Gasteiger partial charge on any atom is 0.131 e. The van der Waals surface area contributed by atoms with E-state index in [0.717, 1.165) is 12.2 Å².